The number of halogens is 1. The molecule has 0 saturated carbocycles. The zero-order chi connectivity index (χ0) is 8.97. The first kappa shape index (κ1) is 9.79. The molecule has 0 saturated heterocycles. The molecule has 1 rings (SSSR count). The molecule has 12 heavy (non-hydrogen) atoms. The fourth-order valence-electron chi connectivity index (χ4n) is 1.52. The van der Waals surface area contributed by atoms with E-state index in [0.717, 1.165) is 5.92 Å². The Kier molecular flexibility index (Phi) is 3.80. The van der Waals surface area contributed by atoms with Crippen LogP contribution >= 0.6 is 15.9 Å². The molecule has 0 aliphatic rings. The van der Waals surface area contributed by atoms with E-state index in [1.54, 1.807) is 0 Å². The van der Waals surface area contributed by atoms with Gasteiger partial charge in [-0.2, -0.15) is 0 Å². The van der Waals surface area contributed by atoms with E-state index < -0.39 is 0 Å². The van der Waals surface area contributed by atoms with Crippen molar-refractivity contribution in [3.05, 3.63) is 34.3 Å². The molecule has 0 nitrogen and oxygen atoms in total. The standard InChI is InChI=1S/C11H15Br/c1-3-9(4-2)10-6-5-7-11(12)8-10/h5-9H,3-4H2,1-2H3. The van der Waals surface area contributed by atoms with Crippen LogP contribution in [0.4, 0.5) is 0 Å². The van der Waals surface area contributed by atoms with Gasteiger partial charge in [-0.3, -0.25) is 0 Å². The number of hydrogen-bond donors (Lipinski definition) is 0. The lowest BCUT2D eigenvalue weighted by Crippen LogP contribution is -1.94. The zero-order valence-electron chi connectivity index (χ0n) is 7.68. The minimum Gasteiger partial charge on any atom is -0.0648 e. The lowest BCUT2D eigenvalue weighted by Gasteiger charge is -2.12. The Bertz CT molecular complexity index is 239. The average molecular weight is 227 g/mol. The first-order chi connectivity index (χ1) is 5.77. The van der Waals surface area contributed by atoms with Crippen molar-refractivity contribution < 1.29 is 0 Å². The molecule has 0 aromatic heterocycles. The summed E-state index contributed by atoms with van der Waals surface area (Å²) in [6.07, 6.45) is 2.46. The van der Waals surface area contributed by atoms with Crippen LogP contribution in [0.1, 0.15) is 38.2 Å². The van der Waals surface area contributed by atoms with Crippen molar-refractivity contribution in [2.24, 2.45) is 0 Å². The van der Waals surface area contributed by atoms with Crippen molar-refractivity contribution in [3.63, 3.8) is 0 Å². The summed E-state index contributed by atoms with van der Waals surface area (Å²) in [6, 6.07) is 8.61. The van der Waals surface area contributed by atoms with Gasteiger partial charge < -0.3 is 0 Å². The third kappa shape index (κ3) is 2.34. The number of hydrogen-bond acceptors (Lipinski definition) is 0. The summed E-state index contributed by atoms with van der Waals surface area (Å²) in [5.74, 6) is 0.725. The van der Waals surface area contributed by atoms with Gasteiger partial charge in [0.05, 0.1) is 0 Å². The Balaban J connectivity index is 2.85. The second-order valence-corrected chi connectivity index (χ2v) is 3.98. The van der Waals surface area contributed by atoms with Crippen molar-refractivity contribution in [2.75, 3.05) is 0 Å². The van der Waals surface area contributed by atoms with E-state index >= 15 is 0 Å². The van der Waals surface area contributed by atoms with Crippen LogP contribution in [0.5, 0.6) is 0 Å². The van der Waals surface area contributed by atoms with Crippen LogP contribution in [0.15, 0.2) is 28.7 Å². The largest absolute Gasteiger partial charge is 0.0648 e. The van der Waals surface area contributed by atoms with Gasteiger partial charge >= 0.3 is 0 Å². The molecule has 0 spiro atoms. The summed E-state index contributed by atoms with van der Waals surface area (Å²) in [4.78, 5) is 0. The Morgan fingerprint density at radius 3 is 2.42 bits per heavy atom. The Morgan fingerprint density at radius 1 is 1.25 bits per heavy atom. The second-order valence-electron chi connectivity index (χ2n) is 3.07. The molecule has 1 heteroatoms. The van der Waals surface area contributed by atoms with Crippen LogP contribution in [-0.4, -0.2) is 0 Å². The number of benzene rings is 1. The van der Waals surface area contributed by atoms with Gasteiger partial charge in [-0.1, -0.05) is 41.9 Å². The summed E-state index contributed by atoms with van der Waals surface area (Å²) >= 11 is 3.49. The molecule has 0 aliphatic carbocycles. The molecule has 66 valence electrons. The molecule has 0 fully saturated rings. The minimum atomic E-state index is 0.725. The quantitative estimate of drug-likeness (QED) is 0.719. The second kappa shape index (κ2) is 4.66. The minimum absolute atomic E-state index is 0.725. The maximum absolute atomic E-state index is 3.49. The normalized spacial score (nSPS) is 10.7. The third-order valence-corrected chi connectivity index (χ3v) is 2.80. The molecule has 0 amide bonds. The summed E-state index contributed by atoms with van der Waals surface area (Å²) in [5.41, 5.74) is 1.45. The van der Waals surface area contributed by atoms with Crippen LogP contribution < -0.4 is 0 Å². The Morgan fingerprint density at radius 2 is 1.92 bits per heavy atom. The van der Waals surface area contributed by atoms with E-state index in [9.17, 15) is 0 Å². The average Bonchev–Trinajstić information content (AvgIpc) is 2.07. The van der Waals surface area contributed by atoms with Crippen molar-refractivity contribution in [2.45, 2.75) is 32.6 Å². The van der Waals surface area contributed by atoms with E-state index in [0.29, 0.717) is 0 Å². The third-order valence-electron chi connectivity index (χ3n) is 2.31. The van der Waals surface area contributed by atoms with Crippen LogP contribution in [0, 0.1) is 0 Å². The van der Waals surface area contributed by atoms with Gasteiger partial charge in [-0.05, 0) is 36.5 Å². The molecule has 1 aromatic carbocycles. The maximum atomic E-state index is 3.49. The smallest absolute Gasteiger partial charge is 0.0178 e. The molecule has 0 aliphatic heterocycles. The summed E-state index contributed by atoms with van der Waals surface area (Å²) in [6.45, 7) is 4.49. The van der Waals surface area contributed by atoms with Gasteiger partial charge in [-0.25, -0.2) is 0 Å². The maximum Gasteiger partial charge on any atom is 0.0178 e. The predicted molar refractivity (Wildman–Crippen MR) is 57.5 cm³/mol. The van der Waals surface area contributed by atoms with Gasteiger partial charge in [0.25, 0.3) is 0 Å². The van der Waals surface area contributed by atoms with Crippen LogP contribution in [0.2, 0.25) is 0 Å². The zero-order valence-corrected chi connectivity index (χ0v) is 9.26. The van der Waals surface area contributed by atoms with Gasteiger partial charge in [0.1, 0.15) is 0 Å². The van der Waals surface area contributed by atoms with E-state index in [4.69, 9.17) is 0 Å². The van der Waals surface area contributed by atoms with Crippen molar-refractivity contribution in [1.29, 1.82) is 0 Å². The SMILES string of the molecule is CCC(CC)c1cccc(Br)c1. The van der Waals surface area contributed by atoms with Crippen molar-refractivity contribution in [1.82, 2.24) is 0 Å². The van der Waals surface area contributed by atoms with Crippen LogP contribution in [0.3, 0.4) is 0 Å². The van der Waals surface area contributed by atoms with E-state index in [2.05, 4.69) is 54.0 Å². The van der Waals surface area contributed by atoms with E-state index in [1.165, 1.54) is 22.9 Å². The molecule has 0 radical (unpaired) electrons. The van der Waals surface area contributed by atoms with Crippen LogP contribution in [0.25, 0.3) is 0 Å². The lowest BCUT2D eigenvalue weighted by molar-refractivity contribution is 0.641. The van der Waals surface area contributed by atoms with Crippen molar-refractivity contribution in [3.8, 4) is 0 Å². The van der Waals surface area contributed by atoms with E-state index in [1.807, 2.05) is 0 Å². The molecule has 0 bridgehead atoms. The highest BCUT2D eigenvalue weighted by Gasteiger charge is 2.05. The lowest BCUT2D eigenvalue weighted by atomic mass is 9.94. The molecule has 0 atom stereocenters. The van der Waals surface area contributed by atoms with E-state index in [-0.39, 0.29) is 0 Å². The van der Waals surface area contributed by atoms with Gasteiger partial charge in [0.15, 0.2) is 0 Å². The fraction of sp³-hybridized carbons (Fsp3) is 0.455. The topological polar surface area (TPSA) is 0 Å². The molecule has 0 heterocycles. The first-order valence-electron chi connectivity index (χ1n) is 4.53. The predicted octanol–water partition coefficient (Wildman–Crippen LogP) is 4.35. The van der Waals surface area contributed by atoms with Crippen LogP contribution in [-0.2, 0) is 0 Å². The number of rotatable bonds is 3. The molecular formula is C11H15Br. The molecule has 0 N–H and O–H groups in total. The monoisotopic (exact) mass is 226 g/mol. The Hall–Kier alpha value is -0.300. The van der Waals surface area contributed by atoms with Crippen molar-refractivity contribution >= 4 is 15.9 Å². The van der Waals surface area contributed by atoms with Gasteiger partial charge in [0, 0.05) is 4.47 Å². The summed E-state index contributed by atoms with van der Waals surface area (Å²) in [7, 11) is 0. The van der Waals surface area contributed by atoms with Gasteiger partial charge in [-0.15, -0.1) is 0 Å². The summed E-state index contributed by atoms with van der Waals surface area (Å²) < 4.78 is 1.19. The highest BCUT2D eigenvalue weighted by Crippen LogP contribution is 2.24. The Labute approximate surface area is 83.1 Å². The summed E-state index contributed by atoms with van der Waals surface area (Å²) in [5, 5.41) is 0. The molecule has 0 unspecified atom stereocenters. The molecule has 1 aromatic rings. The van der Waals surface area contributed by atoms with Gasteiger partial charge in [0.2, 0.25) is 0 Å². The highest BCUT2D eigenvalue weighted by atomic mass is 79.9. The highest BCUT2D eigenvalue weighted by molar-refractivity contribution is 9.10. The molecular weight excluding hydrogens is 212 g/mol. The fourth-order valence-corrected chi connectivity index (χ4v) is 1.94. The first-order valence-corrected chi connectivity index (χ1v) is 5.32.